The number of ketones is 1. The Labute approximate surface area is 193 Å². The lowest BCUT2D eigenvalue weighted by Gasteiger charge is -2.31. The van der Waals surface area contributed by atoms with Crippen molar-refractivity contribution in [1.82, 2.24) is 14.7 Å². The van der Waals surface area contributed by atoms with Crippen LogP contribution in [0.2, 0.25) is 0 Å². The van der Waals surface area contributed by atoms with Crippen molar-refractivity contribution in [2.24, 2.45) is 5.92 Å². The number of nitrogens with zero attached hydrogens (tertiary/aromatic N) is 3. The van der Waals surface area contributed by atoms with Gasteiger partial charge in [-0.15, -0.1) is 0 Å². The van der Waals surface area contributed by atoms with Gasteiger partial charge in [0.15, 0.2) is 5.78 Å². The van der Waals surface area contributed by atoms with Crippen molar-refractivity contribution in [3.05, 3.63) is 108 Å². The Morgan fingerprint density at radius 3 is 1.97 bits per heavy atom. The highest BCUT2D eigenvalue weighted by Crippen LogP contribution is 2.26. The average molecular weight is 436 g/mol. The Kier molecular flexibility index (Phi) is 5.85. The first-order valence-corrected chi connectivity index (χ1v) is 11.3. The number of aromatic nitrogens is 2. The predicted molar refractivity (Wildman–Crippen MR) is 128 cm³/mol. The van der Waals surface area contributed by atoms with E-state index in [1.807, 2.05) is 102 Å². The summed E-state index contributed by atoms with van der Waals surface area (Å²) >= 11 is 0. The van der Waals surface area contributed by atoms with E-state index in [1.165, 1.54) is 0 Å². The largest absolute Gasteiger partial charge is 0.337 e. The summed E-state index contributed by atoms with van der Waals surface area (Å²) in [6.45, 7) is 1.12. The van der Waals surface area contributed by atoms with Gasteiger partial charge in [0.25, 0.3) is 5.91 Å². The van der Waals surface area contributed by atoms with Crippen LogP contribution < -0.4 is 0 Å². The lowest BCUT2D eigenvalue weighted by atomic mass is 9.89. The van der Waals surface area contributed by atoms with Crippen LogP contribution in [0, 0.1) is 5.92 Å². The summed E-state index contributed by atoms with van der Waals surface area (Å²) in [5, 5.41) is 4.76. The minimum Gasteiger partial charge on any atom is -0.337 e. The number of para-hydroxylation sites is 1. The van der Waals surface area contributed by atoms with Crippen LogP contribution in [-0.4, -0.2) is 39.5 Å². The van der Waals surface area contributed by atoms with Gasteiger partial charge in [-0.3, -0.25) is 9.59 Å². The van der Waals surface area contributed by atoms with E-state index in [0.717, 1.165) is 22.5 Å². The number of carbonyl (C=O) groups is 2. The first-order chi connectivity index (χ1) is 16.2. The molecule has 1 aliphatic heterocycles. The third-order valence-electron chi connectivity index (χ3n) is 6.21. The number of hydrogen-bond acceptors (Lipinski definition) is 3. The zero-order chi connectivity index (χ0) is 22.6. The van der Waals surface area contributed by atoms with E-state index >= 15 is 0 Å². The predicted octanol–water partition coefficient (Wildman–Crippen LogP) is 5.27. The van der Waals surface area contributed by atoms with Crippen LogP contribution in [0.4, 0.5) is 0 Å². The molecular formula is C28H25N3O2. The van der Waals surface area contributed by atoms with Crippen molar-refractivity contribution in [3.8, 4) is 16.9 Å². The molecular weight excluding hydrogens is 410 g/mol. The van der Waals surface area contributed by atoms with Crippen molar-refractivity contribution >= 4 is 11.7 Å². The molecule has 1 saturated heterocycles. The molecule has 1 fully saturated rings. The molecule has 0 aliphatic carbocycles. The third kappa shape index (κ3) is 4.35. The second kappa shape index (κ2) is 9.25. The molecule has 1 aliphatic rings. The Morgan fingerprint density at radius 1 is 0.758 bits per heavy atom. The lowest BCUT2D eigenvalue weighted by Crippen LogP contribution is -2.41. The molecule has 33 heavy (non-hydrogen) atoms. The highest BCUT2D eigenvalue weighted by molar-refractivity contribution is 5.98. The van der Waals surface area contributed by atoms with Crippen LogP contribution in [0.3, 0.4) is 0 Å². The van der Waals surface area contributed by atoms with Gasteiger partial charge in [0, 0.05) is 30.1 Å². The second-order valence-electron chi connectivity index (χ2n) is 8.32. The van der Waals surface area contributed by atoms with E-state index in [4.69, 9.17) is 5.10 Å². The van der Waals surface area contributed by atoms with Crippen LogP contribution in [0.25, 0.3) is 16.9 Å². The number of rotatable bonds is 5. The first kappa shape index (κ1) is 20.9. The standard InChI is InChI=1S/C28H25N3O2/c32-27(22-12-6-2-7-13-22)23-16-18-30(19-17-23)28(33)26-20-25(21-10-4-1-5-11-21)29-31(26)24-14-8-3-9-15-24/h1-15,20,23H,16-19H2. The molecule has 3 aromatic carbocycles. The summed E-state index contributed by atoms with van der Waals surface area (Å²) in [4.78, 5) is 28.2. The van der Waals surface area contributed by atoms with Gasteiger partial charge < -0.3 is 4.90 Å². The Hall–Kier alpha value is -3.99. The van der Waals surface area contributed by atoms with E-state index < -0.39 is 0 Å². The molecule has 5 nitrogen and oxygen atoms in total. The van der Waals surface area contributed by atoms with Gasteiger partial charge in [0.1, 0.15) is 5.69 Å². The van der Waals surface area contributed by atoms with Gasteiger partial charge in [0.2, 0.25) is 0 Å². The fraction of sp³-hybridized carbons (Fsp3) is 0.179. The monoisotopic (exact) mass is 435 g/mol. The Morgan fingerprint density at radius 2 is 1.33 bits per heavy atom. The minimum absolute atomic E-state index is 0.0460. The van der Waals surface area contributed by atoms with Crippen LogP contribution >= 0.6 is 0 Å². The number of hydrogen-bond donors (Lipinski definition) is 0. The molecule has 1 aromatic heterocycles. The second-order valence-corrected chi connectivity index (χ2v) is 8.32. The Balaban J connectivity index is 1.38. The molecule has 0 unspecified atom stereocenters. The smallest absolute Gasteiger partial charge is 0.272 e. The summed E-state index contributed by atoms with van der Waals surface area (Å²) in [6, 6.07) is 30.9. The summed E-state index contributed by atoms with van der Waals surface area (Å²) < 4.78 is 1.73. The van der Waals surface area contributed by atoms with Crippen molar-refractivity contribution in [2.45, 2.75) is 12.8 Å². The summed E-state index contributed by atoms with van der Waals surface area (Å²) in [5.41, 5.74) is 3.85. The van der Waals surface area contributed by atoms with E-state index in [9.17, 15) is 9.59 Å². The number of Topliss-reactive ketones (excluding diaryl/α,β-unsaturated/α-hetero) is 1. The van der Waals surface area contributed by atoms with E-state index in [-0.39, 0.29) is 17.6 Å². The summed E-state index contributed by atoms with van der Waals surface area (Å²) in [6.07, 6.45) is 1.34. The maximum Gasteiger partial charge on any atom is 0.272 e. The molecule has 0 spiro atoms. The number of amides is 1. The van der Waals surface area contributed by atoms with Crippen LogP contribution in [-0.2, 0) is 0 Å². The maximum absolute atomic E-state index is 13.6. The molecule has 4 aromatic rings. The molecule has 1 amide bonds. The van der Waals surface area contributed by atoms with Crippen LogP contribution in [0.15, 0.2) is 97.1 Å². The molecule has 0 bridgehead atoms. The molecule has 0 saturated carbocycles. The molecule has 2 heterocycles. The fourth-order valence-electron chi connectivity index (χ4n) is 4.39. The zero-order valence-electron chi connectivity index (χ0n) is 18.3. The molecule has 5 rings (SSSR count). The highest BCUT2D eigenvalue weighted by Gasteiger charge is 2.30. The SMILES string of the molecule is O=C(c1ccccc1)C1CCN(C(=O)c2cc(-c3ccccc3)nn2-c2ccccc2)CC1. The first-order valence-electron chi connectivity index (χ1n) is 11.3. The highest BCUT2D eigenvalue weighted by atomic mass is 16.2. The third-order valence-corrected chi connectivity index (χ3v) is 6.21. The number of likely N-dealkylation sites (tertiary alicyclic amines) is 1. The summed E-state index contributed by atoms with van der Waals surface area (Å²) in [7, 11) is 0. The van der Waals surface area contributed by atoms with Crippen molar-refractivity contribution in [3.63, 3.8) is 0 Å². The van der Waals surface area contributed by atoms with Gasteiger partial charge in [0.05, 0.1) is 11.4 Å². The van der Waals surface area contributed by atoms with E-state index in [1.54, 1.807) is 4.68 Å². The van der Waals surface area contributed by atoms with Crippen molar-refractivity contribution in [1.29, 1.82) is 0 Å². The normalized spacial score (nSPS) is 14.2. The van der Waals surface area contributed by atoms with Gasteiger partial charge in [-0.25, -0.2) is 4.68 Å². The van der Waals surface area contributed by atoms with E-state index in [2.05, 4.69) is 0 Å². The van der Waals surface area contributed by atoms with Gasteiger partial charge >= 0.3 is 0 Å². The Bertz CT molecular complexity index is 1240. The molecule has 164 valence electrons. The average Bonchev–Trinajstić information content (AvgIpc) is 3.35. The van der Waals surface area contributed by atoms with Gasteiger partial charge in [-0.05, 0) is 31.0 Å². The van der Waals surface area contributed by atoms with Crippen LogP contribution in [0.5, 0.6) is 0 Å². The summed E-state index contributed by atoms with van der Waals surface area (Å²) in [5.74, 6) is 0.0675. The van der Waals surface area contributed by atoms with Crippen molar-refractivity contribution in [2.75, 3.05) is 13.1 Å². The fourth-order valence-corrected chi connectivity index (χ4v) is 4.39. The lowest BCUT2D eigenvalue weighted by molar-refractivity contribution is 0.0643. The van der Waals surface area contributed by atoms with Gasteiger partial charge in [-0.2, -0.15) is 5.10 Å². The van der Waals surface area contributed by atoms with E-state index in [0.29, 0.717) is 31.6 Å². The number of piperidine rings is 1. The maximum atomic E-state index is 13.6. The quantitative estimate of drug-likeness (QED) is 0.401. The molecule has 0 N–H and O–H groups in total. The number of benzene rings is 3. The zero-order valence-corrected chi connectivity index (χ0v) is 18.3. The van der Waals surface area contributed by atoms with Crippen LogP contribution in [0.1, 0.15) is 33.7 Å². The molecule has 0 atom stereocenters. The number of carbonyl (C=O) groups excluding carboxylic acids is 2. The topological polar surface area (TPSA) is 55.2 Å². The molecule has 0 radical (unpaired) electrons. The minimum atomic E-state index is -0.0563. The molecule has 5 heteroatoms. The van der Waals surface area contributed by atoms with Gasteiger partial charge in [-0.1, -0.05) is 78.9 Å². The van der Waals surface area contributed by atoms with Crippen molar-refractivity contribution < 1.29 is 9.59 Å².